The third-order valence-electron chi connectivity index (χ3n) is 3.41. The number of hydrogen-bond acceptors (Lipinski definition) is 2. The van der Waals surface area contributed by atoms with E-state index < -0.39 is 0 Å². The van der Waals surface area contributed by atoms with Gasteiger partial charge in [-0.25, -0.2) is 4.98 Å². The number of aromatic nitrogens is 3. The minimum Gasteiger partial charge on any atom is -0.358 e. The van der Waals surface area contributed by atoms with Crippen LogP contribution in [0.25, 0.3) is 22.3 Å². The molecule has 3 aromatic rings. The Bertz CT molecular complexity index is 780. The van der Waals surface area contributed by atoms with Gasteiger partial charge in [0.25, 0.3) is 0 Å². The molecule has 0 aliphatic carbocycles. The second kappa shape index (κ2) is 4.09. The number of fused-ring (bicyclic) bond motifs is 1. The van der Waals surface area contributed by atoms with Crippen molar-refractivity contribution >= 4 is 17.2 Å². The molecular weight excluding hydrogens is 238 g/mol. The number of hydrogen-bond donors (Lipinski definition) is 2. The topological polar surface area (TPSA) is 61.5 Å². The molecule has 4 nitrogen and oxygen atoms in total. The van der Waals surface area contributed by atoms with Gasteiger partial charge in [-0.1, -0.05) is 11.6 Å². The first kappa shape index (κ1) is 11.7. The van der Waals surface area contributed by atoms with Gasteiger partial charge in [-0.2, -0.15) is 0 Å². The van der Waals surface area contributed by atoms with Crippen molar-refractivity contribution in [1.29, 1.82) is 0 Å². The second-order valence-corrected chi connectivity index (χ2v) is 4.89. The molecule has 0 fully saturated rings. The molecule has 0 radical (unpaired) electrons. The molecule has 3 rings (SSSR count). The van der Waals surface area contributed by atoms with Crippen molar-refractivity contribution in [3.05, 3.63) is 40.8 Å². The van der Waals surface area contributed by atoms with E-state index in [4.69, 9.17) is 0 Å². The highest BCUT2D eigenvalue weighted by Gasteiger charge is 2.15. The first-order valence-electron chi connectivity index (χ1n) is 6.21. The highest BCUT2D eigenvalue weighted by Crippen LogP contribution is 2.31. The van der Waals surface area contributed by atoms with E-state index in [0.29, 0.717) is 5.69 Å². The number of carbonyl (C=O) groups is 1. The van der Waals surface area contributed by atoms with Crippen LogP contribution < -0.4 is 0 Å². The van der Waals surface area contributed by atoms with Gasteiger partial charge in [0.15, 0.2) is 6.29 Å². The summed E-state index contributed by atoms with van der Waals surface area (Å²) in [6.07, 6.45) is 0.783. The molecular formula is C15H15N3O. The molecule has 1 aromatic carbocycles. The Hall–Kier alpha value is -2.36. The maximum atomic E-state index is 10.9. The lowest BCUT2D eigenvalue weighted by Crippen LogP contribution is -1.84. The first-order chi connectivity index (χ1) is 9.10. The zero-order chi connectivity index (χ0) is 13.6. The molecule has 0 aliphatic heterocycles. The highest BCUT2D eigenvalue weighted by molar-refractivity contribution is 5.96. The lowest BCUT2D eigenvalue weighted by molar-refractivity contribution is 0.111. The van der Waals surface area contributed by atoms with Crippen molar-refractivity contribution in [2.45, 2.75) is 20.8 Å². The third kappa shape index (κ3) is 1.76. The molecule has 0 saturated carbocycles. The predicted octanol–water partition coefficient (Wildman–Crippen LogP) is 3.30. The minimum atomic E-state index is 0.469. The zero-order valence-electron chi connectivity index (χ0n) is 11.2. The molecule has 4 heteroatoms. The van der Waals surface area contributed by atoms with Crippen LogP contribution in [-0.4, -0.2) is 21.2 Å². The van der Waals surface area contributed by atoms with Crippen molar-refractivity contribution in [3.8, 4) is 11.4 Å². The Morgan fingerprint density at radius 3 is 2.58 bits per heavy atom. The lowest BCUT2D eigenvalue weighted by atomic mass is 10.1. The summed E-state index contributed by atoms with van der Waals surface area (Å²) in [4.78, 5) is 21.8. The number of nitrogens with zero attached hydrogens (tertiary/aromatic N) is 1. The number of aldehydes is 1. The molecule has 19 heavy (non-hydrogen) atoms. The Balaban J connectivity index is 2.31. The summed E-state index contributed by atoms with van der Waals surface area (Å²) in [7, 11) is 0. The van der Waals surface area contributed by atoms with Gasteiger partial charge in [0.05, 0.1) is 0 Å². The molecule has 0 unspecified atom stereocenters. The van der Waals surface area contributed by atoms with E-state index >= 15 is 0 Å². The van der Waals surface area contributed by atoms with E-state index in [2.05, 4.69) is 40.1 Å². The fourth-order valence-corrected chi connectivity index (χ4v) is 2.45. The number of H-pyrrole nitrogens is 2. The minimum absolute atomic E-state index is 0.469. The Morgan fingerprint density at radius 1 is 1.11 bits per heavy atom. The van der Waals surface area contributed by atoms with Gasteiger partial charge in [0, 0.05) is 27.9 Å². The van der Waals surface area contributed by atoms with Crippen LogP contribution in [-0.2, 0) is 0 Å². The zero-order valence-corrected chi connectivity index (χ0v) is 11.2. The molecule has 0 aliphatic rings. The quantitative estimate of drug-likeness (QED) is 0.688. The fraction of sp³-hybridized carbons (Fsp3) is 0.200. The van der Waals surface area contributed by atoms with E-state index in [0.717, 1.165) is 40.0 Å². The average Bonchev–Trinajstić information content (AvgIpc) is 2.88. The lowest BCUT2D eigenvalue weighted by Gasteiger charge is -1.98. The van der Waals surface area contributed by atoms with Crippen LogP contribution in [0.3, 0.4) is 0 Å². The summed E-state index contributed by atoms with van der Waals surface area (Å²) >= 11 is 0. The second-order valence-electron chi connectivity index (χ2n) is 4.89. The Labute approximate surface area is 110 Å². The smallest absolute Gasteiger partial charge is 0.170 e. The molecule has 0 saturated heterocycles. The first-order valence-corrected chi connectivity index (χ1v) is 6.21. The Morgan fingerprint density at radius 2 is 1.89 bits per heavy atom. The van der Waals surface area contributed by atoms with Crippen LogP contribution in [0.15, 0.2) is 18.2 Å². The third-order valence-corrected chi connectivity index (χ3v) is 3.41. The van der Waals surface area contributed by atoms with Crippen molar-refractivity contribution in [3.63, 3.8) is 0 Å². The van der Waals surface area contributed by atoms with E-state index in [1.54, 1.807) is 0 Å². The SMILES string of the molecule is Cc1ccc2[nH]c(C)c(-c3nc(C=O)c(C)[nH]3)c2c1. The molecule has 0 amide bonds. The number of nitrogens with one attached hydrogen (secondary N) is 2. The molecule has 96 valence electrons. The van der Waals surface area contributed by atoms with Crippen molar-refractivity contribution in [2.75, 3.05) is 0 Å². The summed E-state index contributed by atoms with van der Waals surface area (Å²) in [5.74, 6) is 0.744. The number of aryl methyl sites for hydroxylation is 3. The average molecular weight is 253 g/mol. The summed E-state index contributed by atoms with van der Waals surface area (Å²) < 4.78 is 0. The summed E-state index contributed by atoms with van der Waals surface area (Å²) in [6.45, 7) is 5.94. The molecule has 2 N–H and O–H groups in total. The van der Waals surface area contributed by atoms with E-state index in [1.165, 1.54) is 5.56 Å². The van der Waals surface area contributed by atoms with Gasteiger partial charge in [-0.15, -0.1) is 0 Å². The standard InChI is InChI=1S/C15H15N3O/c1-8-4-5-12-11(6-8)14(10(3)16-12)15-17-9(2)13(7-19)18-15/h4-7,16H,1-3H3,(H,17,18). The number of imidazole rings is 1. The van der Waals surface area contributed by atoms with Crippen molar-refractivity contribution in [1.82, 2.24) is 15.0 Å². The van der Waals surface area contributed by atoms with Gasteiger partial charge in [0.1, 0.15) is 11.5 Å². The maximum absolute atomic E-state index is 10.9. The number of aromatic amines is 2. The fourth-order valence-electron chi connectivity index (χ4n) is 2.45. The van der Waals surface area contributed by atoms with Crippen LogP contribution in [0, 0.1) is 20.8 Å². The summed E-state index contributed by atoms with van der Waals surface area (Å²) in [5.41, 5.74) is 5.64. The van der Waals surface area contributed by atoms with Gasteiger partial charge in [-0.3, -0.25) is 4.79 Å². The summed E-state index contributed by atoms with van der Waals surface area (Å²) in [6, 6.07) is 6.27. The molecule has 0 spiro atoms. The monoisotopic (exact) mass is 253 g/mol. The maximum Gasteiger partial charge on any atom is 0.170 e. The van der Waals surface area contributed by atoms with Gasteiger partial charge >= 0.3 is 0 Å². The van der Waals surface area contributed by atoms with Crippen LogP contribution in [0.2, 0.25) is 0 Å². The van der Waals surface area contributed by atoms with Crippen LogP contribution in [0.4, 0.5) is 0 Å². The van der Waals surface area contributed by atoms with E-state index in [1.807, 2.05) is 13.8 Å². The number of benzene rings is 1. The summed E-state index contributed by atoms with van der Waals surface area (Å²) in [5, 5.41) is 1.13. The van der Waals surface area contributed by atoms with Crippen molar-refractivity contribution < 1.29 is 4.79 Å². The van der Waals surface area contributed by atoms with Crippen LogP contribution in [0.5, 0.6) is 0 Å². The normalized spacial score (nSPS) is 11.1. The number of carbonyl (C=O) groups excluding carboxylic acids is 1. The van der Waals surface area contributed by atoms with E-state index in [9.17, 15) is 4.79 Å². The predicted molar refractivity (Wildman–Crippen MR) is 75.5 cm³/mol. The largest absolute Gasteiger partial charge is 0.358 e. The van der Waals surface area contributed by atoms with Crippen LogP contribution in [0.1, 0.15) is 27.4 Å². The van der Waals surface area contributed by atoms with Gasteiger partial charge < -0.3 is 9.97 Å². The van der Waals surface area contributed by atoms with Gasteiger partial charge in [0.2, 0.25) is 0 Å². The molecule has 0 bridgehead atoms. The molecule has 0 atom stereocenters. The number of rotatable bonds is 2. The van der Waals surface area contributed by atoms with Crippen LogP contribution >= 0.6 is 0 Å². The van der Waals surface area contributed by atoms with Gasteiger partial charge in [-0.05, 0) is 32.9 Å². The molecule has 2 heterocycles. The van der Waals surface area contributed by atoms with Crippen molar-refractivity contribution in [2.24, 2.45) is 0 Å². The Kier molecular flexibility index (Phi) is 2.52. The molecule has 2 aromatic heterocycles. The van der Waals surface area contributed by atoms with E-state index in [-0.39, 0.29) is 0 Å². The highest BCUT2D eigenvalue weighted by atomic mass is 16.1.